The third kappa shape index (κ3) is 12.5. The molecule has 3 amide bonds. The van der Waals surface area contributed by atoms with E-state index in [1.54, 1.807) is 55.6 Å². The molecule has 0 spiro atoms. The monoisotopic (exact) mass is 931 g/mol. The van der Waals surface area contributed by atoms with Crippen LogP contribution in [0.2, 0.25) is 0 Å². The molecule has 1 aromatic heterocycles. The summed E-state index contributed by atoms with van der Waals surface area (Å²) in [5, 5.41) is 12.3. The second-order valence-electron chi connectivity index (χ2n) is 14.1. The van der Waals surface area contributed by atoms with Gasteiger partial charge in [0, 0.05) is 63.7 Å². The van der Waals surface area contributed by atoms with E-state index in [9.17, 15) is 22.8 Å². The normalized spacial score (nSPS) is 13.4. The molecule has 0 radical (unpaired) electrons. The molecule has 6 N–H and O–H groups in total. The Bertz CT molecular complexity index is 2300. The molecular formula is C43H47Br2N7O5S. The summed E-state index contributed by atoms with van der Waals surface area (Å²) in [6, 6.07) is 29.7. The highest BCUT2D eigenvalue weighted by Crippen LogP contribution is 2.25. The molecule has 0 aliphatic rings. The number of benzene rings is 4. The number of carbonyl (C=O) groups excluding carboxylic acids is 3. The maximum absolute atomic E-state index is 14.2. The predicted octanol–water partition coefficient (Wildman–Crippen LogP) is 6.84. The van der Waals surface area contributed by atoms with Gasteiger partial charge in [0.05, 0.1) is 29.6 Å². The van der Waals surface area contributed by atoms with Gasteiger partial charge in [-0.2, -0.15) is 0 Å². The van der Waals surface area contributed by atoms with Gasteiger partial charge in [0.15, 0.2) is 0 Å². The maximum atomic E-state index is 14.2. The molecule has 0 bridgehead atoms. The first-order valence-electron chi connectivity index (χ1n) is 18.6. The largest absolute Gasteiger partial charge is 0.399 e. The van der Waals surface area contributed by atoms with Crippen molar-refractivity contribution in [2.24, 2.45) is 0 Å². The van der Waals surface area contributed by atoms with Crippen LogP contribution in [-0.4, -0.2) is 56.8 Å². The van der Waals surface area contributed by atoms with Gasteiger partial charge < -0.3 is 27.0 Å². The molecule has 0 fully saturated rings. The number of hydrogen-bond donors (Lipinski definition) is 5. The predicted molar refractivity (Wildman–Crippen MR) is 236 cm³/mol. The number of amides is 3. The van der Waals surface area contributed by atoms with Crippen LogP contribution < -0.4 is 31.3 Å². The summed E-state index contributed by atoms with van der Waals surface area (Å²) in [6.45, 7) is 5.64. The molecule has 1 unspecified atom stereocenters. The number of pyridine rings is 1. The second kappa shape index (κ2) is 20.1. The van der Waals surface area contributed by atoms with Crippen molar-refractivity contribution in [2.45, 2.75) is 57.1 Å². The Labute approximate surface area is 356 Å². The second-order valence-corrected chi connectivity index (χ2v) is 17.9. The summed E-state index contributed by atoms with van der Waals surface area (Å²) in [7, 11) is -2.57. The number of carbonyl (C=O) groups is 3. The van der Waals surface area contributed by atoms with Crippen molar-refractivity contribution in [3.05, 3.63) is 158 Å². The smallest absolute Gasteiger partial charge is 0.251 e. The zero-order valence-electron chi connectivity index (χ0n) is 32.6. The van der Waals surface area contributed by atoms with Gasteiger partial charge in [0.2, 0.25) is 15.9 Å². The minimum Gasteiger partial charge on any atom is -0.399 e. The number of nitrogen functional groups attached to an aromatic ring is 1. The summed E-state index contributed by atoms with van der Waals surface area (Å²) < 4.78 is 30.3. The number of nitrogens with zero attached hydrogens (tertiary/aromatic N) is 2. The molecule has 58 heavy (non-hydrogen) atoms. The van der Waals surface area contributed by atoms with Gasteiger partial charge in [-0.15, -0.1) is 0 Å². The summed E-state index contributed by atoms with van der Waals surface area (Å²) in [4.78, 5) is 45.7. The Balaban J connectivity index is 1.39. The Morgan fingerprint density at radius 2 is 1.29 bits per heavy atom. The fraction of sp³-hybridized carbons (Fsp3) is 0.256. The van der Waals surface area contributed by atoms with Crippen molar-refractivity contribution in [1.82, 2.24) is 26.3 Å². The lowest BCUT2D eigenvalue weighted by molar-refractivity contribution is -0.123. The zero-order chi connectivity index (χ0) is 42.0. The number of nitrogens with one attached hydrogen (secondary N) is 4. The lowest BCUT2D eigenvalue weighted by atomic mass is 10.0. The average Bonchev–Trinajstić information content (AvgIpc) is 3.20. The van der Waals surface area contributed by atoms with Gasteiger partial charge in [-0.05, 0) is 104 Å². The molecule has 5 aromatic rings. The maximum Gasteiger partial charge on any atom is 0.251 e. The number of rotatable bonds is 17. The number of aromatic nitrogens is 1. The van der Waals surface area contributed by atoms with Gasteiger partial charge in [-0.25, -0.2) is 8.42 Å². The molecule has 15 heteroatoms. The minimum atomic E-state index is -3.96. The molecule has 304 valence electrons. The number of anilines is 2. The zero-order valence-corrected chi connectivity index (χ0v) is 36.6. The van der Waals surface area contributed by atoms with Gasteiger partial charge in [0.1, 0.15) is 0 Å². The molecule has 0 aliphatic carbocycles. The van der Waals surface area contributed by atoms with Crippen molar-refractivity contribution in [1.29, 1.82) is 0 Å². The number of sulfonamides is 1. The van der Waals surface area contributed by atoms with Crippen molar-refractivity contribution in [3.63, 3.8) is 0 Å². The first kappa shape index (κ1) is 44.0. The van der Waals surface area contributed by atoms with E-state index in [0.717, 1.165) is 24.4 Å². The van der Waals surface area contributed by atoms with Crippen LogP contribution in [0.3, 0.4) is 0 Å². The van der Waals surface area contributed by atoms with Gasteiger partial charge in [-0.3, -0.25) is 23.7 Å². The number of halogens is 2. The van der Waals surface area contributed by atoms with Gasteiger partial charge in [-0.1, -0.05) is 74.3 Å². The van der Waals surface area contributed by atoms with Gasteiger partial charge in [0.25, 0.3) is 11.8 Å². The van der Waals surface area contributed by atoms with E-state index in [1.807, 2.05) is 62.4 Å². The minimum absolute atomic E-state index is 0.0683. The topological polar surface area (TPSA) is 176 Å². The van der Waals surface area contributed by atoms with Crippen LogP contribution in [0.4, 0.5) is 11.4 Å². The third-order valence-corrected chi connectivity index (χ3v) is 12.4. The van der Waals surface area contributed by atoms with E-state index in [4.69, 9.17) is 5.73 Å². The van der Waals surface area contributed by atoms with Crippen LogP contribution in [0.5, 0.6) is 0 Å². The van der Waals surface area contributed by atoms with E-state index < -0.39 is 40.0 Å². The molecule has 12 nitrogen and oxygen atoms in total. The third-order valence-electron chi connectivity index (χ3n) is 9.58. The molecule has 0 saturated carbocycles. The van der Waals surface area contributed by atoms with E-state index >= 15 is 0 Å². The Kier molecular flexibility index (Phi) is 15.2. The van der Waals surface area contributed by atoms with Crippen molar-refractivity contribution in [2.75, 3.05) is 23.6 Å². The Morgan fingerprint density at radius 3 is 1.88 bits per heavy atom. The van der Waals surface area contributed by atoms with Crippen LogP contribution in [0.25, 0.3) is 0 Å². The Morgan fingerprint density at radius 1 is 0.741 bits per heavy atom. The average molecular weight is 934 g/mol. The van der Waals surface area contributed by atoms with E-state index in [1.165, 1.54) is 25.2 Å². The standard InChI is InChI=1S/C43H47Br2N7O5S/c1-27(32-12-18-37(46)19-13-32)49-41(53)29(3)48-25-39(24-38-7-5-6-20-47-38)51-43(55)34-21-33(42(54)50-28(2)31-10-16-36(45)17-11-31)22-40(23-34)52(4)58(56,57)26-30-8-14-35(44)15-9-30/h5-23,27-29,39,48H,24-26,46H2,1-4H3,(H,49,53)(H,50,54)(H,51,55)/t27?,28-,29+,39+/m1/s1. The quantitative estimate of drug-likeness (QED) is 0.0630. The SMILES string of the molecule is CC(NC(=O)[C@H](C)NC[C@H](Cc1ccccn1)NC(=O)c1cc(C(=O)N[C@H](C)c2ccc(Br)cc2)cc(N(C)S(=O)(=O)Cc2ccc(Br)cc2)c1)c1ccc(N)cc1. The molecular weight excluding hydrogens is 886 g/mol. The van der Waals surface area contributed by atoms with E-state index in [-0.39, 0.29) is 41.1 Å². The summed E-state index contributed by atoms with van der Waals surface area (Å²) in [5.41, 5.74) is 9.78. The van der Waals surface area contributed by atoms with Gasteiger partial charge >= 0.3 is 0 Å². The van der Waals surface area contributed by atoms with Crippen molar-refractivity contribution >= 4 is 71.0 Å². The molecule has 4 atom stereocenters. The van der Waals surface area contributed by atoms with Crippen LogP contribution in [-0.2, 0) is 27.0 Å². The first-order chi connectivity index (χ1) is 27.6. The summed E-state index contributed by atoms with van der Waals surface area (Å²) in [6.07, 6.45) is 1.97. The Hall–Kier alpha value is -5.09. The molecule has 0 aliphatic heterocycles. The molecule has 0 saturated heterocycles. The van der Waals surface area contributed by atoms with Crippen molar-refractivity contribution in [3.8, 4) is 0 Å². The van der Waals surface area contributed by atoms with E-state index in [2.05, 4.69) is 58.1 Å². The lowest BCUT2D eigenvalue weighted by Gasteiger charge is -2.24. The number of nitrogens with two attached hydrogens (primary N) is 1. The molecule has 4 aromatic carbocycles. The fourth-order valence-electron chi connectivity index (χ4n) is 6.05. The highest BCUT2D eigenvalue weighted by atomic mass is 79.9. The molecule has 1 heterocycles. The first-order valence-corrected chi connectivity index (χ1v) is 21.8. The number of hydrogen-bond acceptors (Lipinski definition) is 8. The summed E-state index contributed by atoms with van der Waals surface area (Å²) >= 11 is 6.81. The van der Waals surface area contributed by atoms with Crippen LogP contribution >= 0.6 is 31.9 Å². The van der Waals surface area contributed by atoms with Crippen LogP contribution in [0.1, 0.15) is 76.0 Å². The van der Waals surface area contributed by atoms with Crippen LogP contribution in [0.15, 0.2) is 124 Å². The fourth-order valence-corrected chi connectivity index (χ4v) is 7.81. The van der Waals surface area contributed by atoms with Crippen molar-refractivity contribution < 1.29 is 22.8 Å². The summed E-state index contributed by atoms with van der Waals surface area (Å²) in [5.74, 6) is -1.59. The van der Waals surface area contributed by atoms with E-state index in [0.29, 0.717) is 23.4 Å². The highest BCUT2D eigenvalue weighted by molar-refractivity contribution is 9.10. The lowest BCUT2D eigenvalue weighted by Crippen LogP contribution is -2.50. The highest BCUT2D eigenvalue weighted by Gasteiger charge is 2.25. The van der Waals surface area contributed by atoms with Crippen LogP contribution in [0, 0.1) is 0 Å². The molecule has 5 rings (SSSR count).